The van der Waals surface area contributed by atoms with Crippen LogP contribution in [0.2, 0.25) is 0 Å². The molecule has 1 aliphatic carbocycles. The highest BCUT2D eigenvalue weighted by atomic mass is 32.2. The summed E-state index contributed by atoms with van der Waals surface area (Å²) in [6.07, 6.45) is 4.32. The van der Waals surface area contributed by atoms with E-state index in [1.807, 2.05) is 12.1 Å². The number of nitrogens with one attached hydrogen (secondary N) is 1. The number of hydrogen-bond donors (Lipinski definition) is 2. The summed E-state index contributed by atoms with van der Waals surface area (Å²) < 4.78 is 24.4. The first-order chi connectivity index (χ1) is 10.0. The van der Waals surface area contributed by atoms with Gasteiger partial charge in [0.1, 0.15) is 5.75 Å². The molecule has 0 atom stereocenters. The van der Waals surface area contributed by atoms with Crippen molar-refractivity contribution in [3.05, 3.63) is 29.8 Å². The highest BCUT2D eigenvalue weighted by Crippen LogP contribution is 2.24. The standard InChI is InChI=1S/C15H22N2O3S/c16-10-12-6-8-13(9-7-12)17-15(18)11-21(19,20)14-4-2-1-3-5-14/h6-9,14H,1-5,10-11,16H2,(H,17,18). The van der Waals surface area contributed by atoms with Gasteiger partial charge in [0.2, 0.25) is 5.91 Å². The molecule has 0 bridgehead atoms. The van der Waals surface area contributed by atoms with E-state index < -0.39 is 21.5 Å². The van der Waals surface area contributed by atoms with Crippen LogP contribution in [-0.4, -0.2) is 25.3 Å². The van der Waals surface area contributed by atoms with E-state index in [0.717, 1.165) is 24.8 Å². The zero-order valence-corrected chi connectivity index (χ0v) is 12.9. The van der Waals surface area contributed by atoms with Gasteiger partial charge in [-0.25, -0.2) is 8.42 Å². The van der Waals surface area contributed by atoms with E-state index in [-0.39, 0.29) is 5.25 Å². The molecule has 2 rings (SSSR count). The summed E-state index contributed by atoms with van der Waals surface area (Å²) in [5, 5.41) is 2.28. The van der Waals surface area contributed by atoms with Gasteiger partial charge in [0.25, 0.3) is 0 Å². The van der Waals surface area contributed by atoms with Crippen molar-refractivity contribution in [3.8, 4) is 0 Å². The number of carbonyl (C=O) groups excluding carboxylic acids is 1. The van der Waals surface area contributed by atoms with Crippen molar-refractivity contribution in [1.82, 2.24) is 0 Å². The van der Waals surface area contributed by atoms with E-state index in [4.69, 9.17) is 5.73 Å². The molecule has 1 saturated carbocycles. The van der Waals surface area contributed by atoms with E-state index >= 15 is 0 Å². The second-order valence-electron chi connectivity index (χ2n) is 5.52. The highest BCUT2D eigenvalue weighted by molar-refractivity contribution is 7.92. The molecule has 116 valence electrons. The predicted molar refractivity (Wildman–Crippen MR) is 83.6 cm³/mol. The lowest BCUT2D eigenvalue weighted by atomic mass is 10.0. The van der Waals surface area contributed by atoms with Crippen molar-refractivity contribution in [2.45, 2.75) is 43.9 Å². The number of benzene rings is 1. The molecule has 6 heteroatoms. The SMILES string of the molecule is NCc1ccc(NC(=O)CS(=O)(=O)C2CCCCC2)cc1. The molecule has 1 amide bonds. The highest BCUT2D eigenvalue weighted by Gasteiger charge is 2.29. The third-order valence-corrected chi connectivity index (χ3v) is 6.02. The van der Waals surface area contributed by atoms with Crippen LogP contribution in [-0.2, 0) is 21.2 Å². The maximum Gasteiger partial charge on any atom is 0.239 e. The number of sulfone groups is 1. The largest absolute Gasteiger partial charge is 0.326 e. The Balaban J connectivity index is 1.93. The normalized spacial score (nSPS) is 16.6. The van der Waals surface area contributed by atoms with Gasteiger partial charge in [-0.05, 0) is 30.5 Å². The summed E-state index contributed by atoms with van der Waals surface area (Å²) >= 11 is 0. The summed E-state index contributed by atoms with van der Waals surface area (Å²) in [6, 6.07) is 7.08. The Hall–Kier alpha value is -1.40. The molecule has 1 aromatic carbocycles. The van der Waals surface area contributed by atoms with Crippen LogP contribution in [0.1, 0.15) is 37.7 Å². The summed E-state index contributed by atoms with van der Waals surface area (Å²) in [7, 11) is -3.35. The molecular formula is C15H22N2O3S. The van der Waals surface area contributed by atoms with Gasteiger partial charge in [0, 0.05) is 12.2 Å². The summed E-state index contributed by atoms with van der Waals surface area (Å²) in [6.45, 7) is 0.435. The van der Waals surface area contributed by atoms with Crippen LogP contribution in [0, 0.1) is 0 Å². The third-order valence-electron chi connectivity index (χ3n) is 3.87. The molecule has 1 aromatic rings. The number of nitrogens with two attached hydrogens (primary N) is 1. The summed E-state index contributed by atoms with van der Waals surface area (Å²) in [4.78, 5) is 11.9. The van der Waals surface area contributed by atoms with E-state index in [2.05, 4.69) is 5.32 Å². The molecule has 0 heterocycles. The van der Waals surface area contributed by atoms with Crippen molar-refractivity contribution >= 4 is 21.4 Å². The Labute approximate surface area is 125 Å². The van der Waals surface area contributed by atoms with E-state index in [1.165, 1.54) is 0 Å². The fraction of sp³-hybridized carbons (Fsp3) is 0.533. The predicted octanol–water partition coefficient (Wildman–Crippen LogP) is 1.83. The van der Waals surface area contributed by atoms with E-state index in [0.29, 0.717) is 25.1 Å². The second-order valence-corrected chi connectivity index (χ2v) is 7.80. The maximum absolute atomic E-state index is 12.2. The van der Waals surface area contributed by atoms with Crippen molar-refractivity contribution in [1.29, 1.82) is 0 Å². The smallest absolute Gasteiger partial charge is 0.239 e. The van der Waals surface area contributed by atoms with Crippen molar-refractivity contribution in [3.63, 3.8) is 0 Å². The molecule has 0 radical (unpaired) electrons. The number of carbonyl (C=O) groups is 1. The van der Waals surface area contributed by atoms with Crippen molar-refractivity contribution in [2.75, 3.05) is 11.1 Å². The van der Waals surface area contributed by atoms with Gasteiger partial charge >= 0.3 is 0 Å². The average Bonchev–Trinajstić information content (AvgIpc) is 2.48. The van der Waals surface area contributed by atoms with Crippen LogP contribution in [0.3, 0.4) is 0 Å². The lowest BCUT2D eigenvalue weighted by Gasteiger charge is -2.21. The summed E-state index contributed by atoms with van der Waals surface area (Å²) in [5.74, 6) is -0.905. The van der Waals surface area contributed by atoms with E-state index in [1.54, 1.807) is 12.1 Å². The van der Waals surface area contributed by atoms with Gasteiger partial charge in [0.15, 0.2) is 9.84 Å². The topological polar surface area (TPSA) is 89.3 Å². The van der Waals surface area contributed by atoms with Crippen molar-refractivity contribution < 1.29 is 13.2 Å². The monoisotopic (exact) mass is 310 g/mol. The molecule has 0 aromatic heterocycles. The van der Waals surface area contributed by atoms with Gasteiger partial charge in [-0.3, -0.25) is 4.79 Å². The Morgan fingerprint density at radius 3 is 2.33 bits per heavy atom. The van der Waals surface area contributed by atoms with Crippen LogP contribution >= 0.6 is 0 Å². The van der Waals surface area contributed by atoms with Crippen LogP contribution in [0.4, 0.5) is 5.69 Å². The third kappa shape index (κ3) is 4.54. The van der Waals surface area contributed by atoms with Crippen LogP contribution in [0.5, 0.6) is 0 Å². The average molecular weight is 310 g/mol. The van der Waals surface area contributed by atoms with Crippen LogP contribution in [0.25, 0.3) is 0 Å². The first-order valence-corrected chi connectivity index (χ1v) is 9.03. The molecule has 1 fully saturated rings. The Morgan fingerprint density at radius 1 is 1.14 bits per heavy atom. The minimum atomic E-state index is -3.35. The molecule has 5 nitrogen and oxygen atoms in total. The quantitative estimate of drug-likeness (QED) is 0.868. The molecule has 3 N–H and O–H groups in total. The van der Waals surface area contributed by atoms with E-state index in [9.17, 15) is 13.2 Å². The Morgan fingerprint density at radius 2 is 1.76 bits per heavy atom. The molecule has 21 heavy (non-hydrogen) atoms. The molecule has 1 aliphatic rings. The minimum Gasteiger partial charge on any atom is -0.326 e. The Kier molecular flexibility index (Phi) is 5.36. The second kappa shape index (κ2) is 7.04. The lowest BCUT2D eigenvalue weighted by Crippen LogP contribution is -2.32. The van der Waals surface area contributed by atoms with Crippen LogP contribution in [0.15, 0.2) is 24.3 Å². The number of rotatable bonds is 5. The van der Waals surface area contributed by atoms with Gasteiger partial charge in [-0.1, -0.05) is 31.4 Å². The summed E-state index contributed by atoms with van der Waals surface area (Å²) in [5.41, 5.74) is 7.05. The fourth-order valence-corrected chi connectivity index (χ4v) is 4.37. The van der Waals surface area contributed by atoms with Gasteiger partial charge in [0.05, 0.1) is 5.25 Å². The number of anilines is 1. The first-order valence-electron chi connectivity index (χ1n) is 7.32. The fourth-order valence-electron chi connectivity index (χ4n) is 2.65. The zero-order chi connectivity index (χ0) is 15.3. The molecule has 0 aliphatic heterocycles. The minimum absolute atomic E-state index is 0.350. The zero-order valence-electron chi connectivity index (χ0n) is 12.0. The first kappa shape index (κ1) is 16.0. The maximum atomic E-state index is 12.2. The van der Waals surface area contributed by atoms with Gasteiger partial charge in [-0.15, -0.1) is 0 Å². The molecule has 0 saturated heterocycles. The van der Waals surface area contributed by atoms with Gasteiger partial charge < -0.3 is 11.1 Å². The number of hydrogen-bond acceptors (Lipinski definition) is 4. The Bertz CT molecular complexity index is 575. The lowest BCUT2D eigenvalue weighted by molar-refractivity contribution is -0.113. The van der Waals surface area contributed by atoms with Crippen LogP contribution < -0.4 is 11.1 Å². The molecular weight excluding hydrogens is 288 g/mol. The molecule has 0 spiro atoms. The van der Waals surface area contributed by atoms with Gasteiger partial charge in [-0.2, -0.15) is 0 Å². The van der Waals surface area contributed by atoms with Crippen molar-refractivity contribution in [2.24, 2.45) is 5.73 Å². The molecule has 0 unspecified atom stereocenters. The number of amides is 1.